The molecule has 0 spiro atoms. The van der Waals surface area contributed by atoms with Crippen molar-refractivity contribution in [1.82, 2.24) is 9.88 Å². The van der Waals surface area contributed by atoms with Crippen LogP contribution in [0.3, 0.4) is 0 Å². The molecule has 1 aliphatic rings. The molecule has 1 aromatic heterocycles. The van der Waals surface area contributed by atoms with E-state index in [1.165, 1.54) is 6.08 Å². The van der Waals surface area contributed by atoms with Gasteiger partial charge in [0, 0.05) is 27.1 Å². The summed E-state index contributed by atoms with van der Waals surface area (Å²) in [6.45, 7) is 0.131. The summed E-state index contributed by atoms with van der Waals surface area (Å²) in [6, 6.07) is 15.3. The molecule has 0 saturated carbocycles. The molecule has 1 aliphatic heterocycles. The van der Waals surface area contributed by atoms with Crippen LogP contribution in [-0.4, -0.2) is 22.4 Å². The Balaban J connectivity index is 1.82. The fourth-order valence-corrected chi connectivity index (χ4v) is 3.65. The Bertz CT molecular complexity index is 1250. The zero-order valence-corrected chi connectivity index (χ0v) is 16.5. The Labute approximate surface area is 174 Å². The van der Waals surface area contributed by atoms with Gasteiger partial charge in [-0.25, -0.2) is 9.69 Å². The van der Waals surface area contributed by atoms with Gasteiger partial charge in [-0.2, -0.15) is 5.26 Å². The number of imide groups is 2. The van der Waals surface area contributed by atoms with Crippen molar-refractivity contribution in [3.05, 3.63) is 70.3 Å². The molecular formula is C21H13BrN4O3. The van der Waals surface area contributed by atoms with Crippen LogP contribution in [-0.2, 0) is 16.1 Å². The molecule has 8 heteroatoms. The van der Waals surface area contributed by atoms with Gasteiger partial charge in [-0.15, -0.1) is 0 Å². The Morgan fingerprint density at radius 1 is 1.10 bits per heavy atom. The van der Waals surface area contributed by atoms with Crippen LogP contribution in [0.5, 0.6) is 0 Å². The first-order chi connectivity index (χ1) is 14.0. The number of aromatic nitrogens is 1. The molecule has 0 bridgehead atoms. The van der Waals surface area contributed by atoms with E-state index in [1.54, 1.807) is 35.0 Å². The van der Waals surface area contributed by atoms with Crippen molar-refractivity contribution in [3.8, 4) is 6.07 Å². The monoisotopic (exact) mass is 448 g/mol. The van der Waals surface area contributed by atoms with Crippen LogP contribution in [0.25, 0.3) is 17.0 Å². The number of nitrogens with one attached hydrogen (secondary N) is 1. The van der Waals surface area contributed by atoms with Crippen LogP contribution in [0.2, 0.25) is 0 Å². The third-order valence-electron chi connectivity index (χ3n) is 4.53. The van der Waals surface area contributed by atoms with E-state index in [0.717, 1.165) is 15.8 Å². The van der Waals surface area contributed by atoms with E-state index < -0.39 is 17.8 Å². The lowest BCUT2D eigenvalue weighted by atomic mass is 10.1. The molecule has 1 saturated heterocycles. The second-order valence-corrected chi connectivity index (χ2v) is 7.24. The molecule has 2 heterocycles. The number of para-hydroxylation sites is 1. The maximum Gasteiger partial charge on any atom is 0.335 e. The fraction of sp³-hybridized carbons (Fsp3) is 0.0476. The first-order valence-electron chi connectivity index (χ1n) is 8.61. The third kappa shape index (κ3) is 3.32. The van der Waals surface area contributed by atoms with Crippen molar-refractivity contribution in [2.45, 2.75) is 6.54 Å². The summed E-state index contributed by atoms with van der Waals surface area (Å²) in [5.74, 6) is -1.47. The van der Waals surface area contributed by atoms with Crippen LogP contribution >= 0.6 is 15.9 Å². The number of hydrogen-bond donors (Lipinski definition) is 1. The van der Waals surface area contributed by atoms with Crippen molar-refractivity contribution in [1.29, 1.82) is 5.26 Å². The van der Waals surface area contributed by atoms with Crippen LogP contribution < -0.4 is 10.2 Å². The SMILES string of the molecule is N#CCn1cc(/C=C2\C(=O)NC(=O)N(c3cccc(Br)c3)C2=O)c2ccccc21. The predicted molar refractivity (Wildman–Crippen MR) is 111 cm³/mol. The zero-order valence-electron chi connectivity index (χ0n) is 14.9. The number of fused-ring (bicyclic) bond motifs is 1. The molecule has 0 aliphatic carbocycles. The first kappa shape index (κ1) is 18.7. The number of rotatable bonds is 3. The molecule has 0 radical (unpaired) electrons. The molecule has 0 unspecified atom stereocenters. The highest BCUT2D eigenvalue weighted by Crippen LogP contribution is 2.27. The van der Waals surface area contributed by atoms with Crippen molar-refractivity contribution < 1.29 is 14.4 Å². The average Bonchev–Trinajstić information content (AvgIpc) is 3.03. The van der Waals surface area contributed by atoms with Crippen LogP contribution in [0.4, 0.5) is 10.5 Å². The smallest absolute Gasteiger partial charge is 0.333 e. The van der Waals surface area contributed by atoms with Gasteiger partial charge < -0.3 is 4.57 Å². The van der Waals surface area contributed by atoms with Gasteiger partial charge in [0.05, 0.1) is 11.8 Å². The Kier molecular flexibility index (Phi) is 4.74. The molecule has 4 amide bonds. The van der Waals surface area contributed by atoms with E-state index in [-0.39, 0.29) is 12.1 Å². The van der Waals surface area contributed by atoms with Crippen molar-refractivity contribution in [2.24, 2.45) is 0 Å². The number of benzene rings is 2. The molecule has 142 valence electrons. The van der Waals surface area contributed by atoms with Crippen molar-refractivity contribution >= 4 is 56.4 Å². The number of urea groups is 1. The lowest BCUT2D eigenvalue weighted by Crippen LogP contribution is -2.54. The molecule has 0 atom stereocenters. The van der Waals surface area contributed by atoms with E-state index in [9.17, 15) is 14.4 Å². The number of anilines is 1. The lowest BCUT2D eigenvalue weighted by molar-refractivity contribution is -0.122. The summed E-state index contributed by atoms with van der Waals surface area (Å²) < 4.78 is 2.43. The van der Waals surface area contributed by atoms with Crippen LogP contribution in [0, 0.1) is 11.3 Å². The van der Waals surface area contributed by atoms with E-state index in [1.807, 2.05) is 24.3 Å². The lowest BCUT2D eigenvalue weighted by Gasteiger charge is -2.26. The second-order valence-electron chi connectivity index (χ2n) is 6.33. The molecular weight excluding hydrogens is 436 g/mol. The molecule has 2 aromatic carbocycles. The van der Waals surface area contributed by atoms with Crippen LogP contribution in [0.1, 0.15) is 5.56 Å². The minimum atomic E-state index is -0.804. The quantitative estimate of drug-likeness (QED) is 0.489. The number of halogens is 1. The maximum absolute atomic E-state index is 13.0. The molecule has 4 rings (SSSR count). The van der Waals surface area contributed by atoms with Gasteiger partial charge in [0.25, 0.3) is 11.8 Å². The number of carbonyl (C=O) groups excluding carboxylic acids is 3. The van der Waals surface area contributed by atoms with Gasteiger partial charge in [0.1, 0.15) is 12.1 Å². The highest BCUT2D eigenvalue weighted by atomic mass is 79.9. The molecule has 7 nitrogen and oxygen atoms in total. The highest BCUT2D eigenvalue weighted by Gasteiger charge is 2.37. The summed E-state index contributed by atoms with van der Waals surface area (Å²) in [5.41, 5.74) is 1.60. The molecule has 29 heavy (non-hydrogen) atoms. The highest BCUT2D eigenvalue weighted by molar-refractivity contribution is 9.10. The van der Waals surface area contributed by atoms with Gasteiger partial charge in [0.15, 0.2) is 0 Å². The first-order valence-corrected chi connectivity index (χ1v) is 9.41. The zero-order chi connectivity index (χ0) is 20.5. The number of nitrogens with zero attached hydrogens (tertiary/aromatic N) is 3. The summed E-state index contributed by atoms with van der Waals surface area (Å²) in [4.78, 5) is 38.7. The van der Waals surface area contributed by atoms with Crippen molar-refractivity contribution in [3.63, 3.8) is 0 Å². The van der Waals surface area contributed by atoms with Gasteiger partial charge >= 0.3 is 6.03 Å². The fourth-order valence-electron chi connectivity index (χ4n) is 3.26. The van der Waals surface area contributed by atoms with Gasteiger partial charge in [0.2, 0.25) is 0 Å². The van der Waals surface area contributed by atoms with Gasteiger partial charge in [-0.1, -0.05) is 40.2 Å². The van der Waals surface area contributed by atoms with Gasteiger partial charge in [-0.3, -0.25) is 14.9 Å². The number of hydrogen-bond acceptors (Lipinski definition) is 4. The average molecular weight is 449 g/mol. The normalized spacial score (nSPS) is 15.7. The van der Waals surface area contributed by atoms with Crippen LogP contribution in [0.15, 0.2) is 64.8 Å². The maximum atomic E-state index is 13.0. The standard InChI is InChI=1S/C21H13BrN4O3/c22-14-4-3-5-15(11-14)26-20(28)17(19(27)24-21(26)29)10-13-12-25(9-8-23)18-7-2-1-6-16(13)18/h1-7,10-12H,9H2,(H,24,27,29)/b17-10+. The van der Waals surface area contributed by atoms with E-state index in [2.05, 4.69) is 27.3 Å². The Morgan fingerprint density at radius 2 is 1.90 bits per heavy atom. The minimum Gasteiger partial charge on any atom is -0.333 e. The summed E-state index contributed by atoms with van der Waals surface area (Å²) >= 11 is 3.31. The molecule has 1 N–H and O–H groups in total. The predicted octanol–water partition coefficient (Wildman–Crippen LogP) is 3.59. The third-order valence-corrected chi connectivity index (χ3v) is 5.02. The minimum absolute atomic E-state index is 0.131. The Morgan fingerprint density at radius 3 is 2.66 bits per heavy atom. The van der Waals surface area contributed by atoms with E-state index in [0.29, 0.717) is 15.7 Å². The molecule has 3 aromatic rings. The summed E-state index contributed by atoms with van der Waals surface area (Å²) in [5, 5.41) is 12.1. The summed E-state index contributed by atoms with van der Waals surface area (Å²) in [7, 11) is 0. The van der Waals surface area contributed by atoms with E-state index >= 15 is 0 Å². The number of barbiturate groups is 1. The summed E-state index contributed by atoms with van der Waals surface area (Å²) in [6.07, 6.45) is 3.16. The number of amides is 4. The largest absolute Gasteiger partial charge is 0.335 e. The second kappa shape index (κ2) is 7.37. The number of carbonyl (C=O) groups is 3. The van der Waals surface area contributed by atoms with Crippen molar-refractivity contribution in [2.75, 3.05) is 4.90 Å². The number of nitriles is 1. The Hall–Kier alpha value is -3.70. The van der Waals surface area contributed by atoms with Gasteiger partial charge in [-0.05, 0) is 30.3 Å². The topological polar surface area (TPSA) is 95.2 Å². The molecule has 1 fully saturated rings. The van der Waals surface area contributed by atoms with E-state index in [4.69, 9.17) is 5.26 Å².